The molecule has 132 valence electrons. The maximum atomic E-state index is 12.5. The number of aromatic nitrogens is 1. The lowest BCUT2D eigenvalue weighted by atomic mass is 10.0. The maximum Gasteiger partial charge on any atom is 0.227 e. The zero-order valence-corrected chi connectivity index (χ0v) is 14.9. The van der Waals surface area contributed by atoms with Crippen molar-refractivity contribution in [1.82, 2.24) is 14.8 Å². The molecule has 1 fully saturated rings. The number of benzene rings is 1. The third-order valence-corrected chi connectivity index (χ3v) is 4.76. The summed E-state index contributed by atoms with van der Waals surface area (Å²) in [6.45, 7) is 5.66. The van der Waals surface area contributed by atoms with Gasteiger partial charge in [-0.05, 0) is 41.9 Å². The molecule has 3 rings (SSSR count). The minimum absolute atomic E-state index is 0.185. The molecule has 0 bridgehead atoms. The third-order valence-electron chi connectivity index (χ3n) is 4.76. The van der Waals surface area contributed by atoms with Crippen molar-refractivity contribution in [3.8, 4) is 5.75 Å². The highest BCUT2D eigenvalue weighted by Gasteiger charge is 2.33. The van der Waals surface area contributed by atoms with Crippen LogP contribution in [0.3, 0.4) is 0 Å². The Balaban J connectivity index is 1.51. The lowest BCUT2D eigenvalue weighted by molar-refractivity contribution is -0.138. The fraction of sp³-hybridized carbons (Fsp3) is 0.400. The fourth-order valence-corrected chi connectivity index (χ4v) is 3.18. The number of carbonyl (C=O) groups excluding carboxylic acids is 1. The SMILES string of the molecule is CCN(Cc1ccncc1)C1CN(C(=O)Cc2cccc(OC)c2)C1. The van der Waals surface area contributed by atoms with Crippen LogP contribution < -0.4 is 4.74 Å². The Morgan fingerprint density at radius 1 is 1.24 bits per heavy atom. The molecule has 0 unspecified atom stereocenters. The second-order valence-corrected chi connectivity index (χ2v) is 6.40. The standard InChI is InChI=1S/C20H25N3O2/c1-3-22(13-16-7-9-21-10-8-16)18-14-23(15-18)20(24)12-17-5-4-6-19(11-17)25-2/h4-11,18H,3,12-15H2,1-2H3. The molecule has 5 nitrogen and oxygen atoms in total. The molecule has 1 aromatic heterocycles. The molecule has 1 aliphatic rings. The molecule has 1 aliphatic heterocycles. The van der Waals surface area contributed by atoms with Gasteiger partial charge >= 0.3 is 0 Å². The van der Waals surface area contributed by atoms with Gasteiger partial charge in [-0.1, -0.05) is 19.1 Å². The van der Waals surface area contributed by atoms with Crippen molar-refractivity contribution in [2.45, 2.75) is 25.9 Å². The van der Waals surface area contributed by atoms with Crippen molar-refractivity contribution in [3.05, 3.63) is 59.9 Å². The number of pyridine rings is 1. The minimum Gasteiger partial charge on any atom is -0.497 e. The third kappa shape index (κ3) is 4.37. The highest BCUT2D eigenvalue weighted by Crippen LogP contribution is 2.20. The number of carbonyl (C=O) groups is 1. The number of likely N-dealkylation sites (N-methyl/N-ethyl adjacent to an activating group) is 1. The van der Waals surface area contributed by atoms with Crippen LogP contribution in [0.25, 0.3) is 0 Å². The van der Waals surface area contributed by atoms with E-state index in [1.807, 2.05) is 53.7 Å². The largest absolute Gasteiger partial charge is 0.497 e. The molecule has 0 N–H and O–H groups in total. The van der Waals surface area contributed by atoms with E-state index in [1.54, 1.807) is 7.11 Å². The predicted molar refractivity (Wildman–Crippen MR) is 97.4 cm³/mol. The summed E-state index contributed by atoms with van der Waals surface area (Å²) in [5.74, 6) is 0.978. The van der Waals surface area contributed by atoms with Crippen molar-refractivity contribution in [2.75, 3.05) is 26.7 Å². The quantitative estimate of drug-likeness (QED) is 0.777. The number of ether oxygens (including phenoxy) is 1. The van der Waals surface area contributed by atoms with E-state index in [0.29, 0.717) is 12.5 Å². The molecule has 0 saturated carbocycles. The van der Waals surface area contributed by atoms with E-state index < -0.39 is 0 Å². The summed E-state index contributed by atoms with van der Waals surface area (Å²) in [4.78, 5) is 20.9. The highest BCUT2D eigenvalue weighted by molar-refractivity contribution is 5.79. The molecule has 0 radical (unpaired) electrons. The first-order chi connectivity index (χ1) is 12.2. The first-order valence-electron chi connectivity index (χ1n) is 8.73. The first kappa shape index (κ1) is 17.4. The summed E-state index contributed by atoms with van der Waals surface area (Å²) in [6, 6.07) is 12.3. The summed E-state index contributed by atoms with van der Waals surface area (Å²) in [7, 11) is 1.64. The molecule has 2 heterocycles. The molecule has 0 spiro atoms. The zero-order chi connectivity index (χ0) is 17.6. The summed E-state index contributed by atoms with van der Waals surface area (Å²) in [6.07, 6.45) is 4.09. The minimum atomic E-state index is 0.185. The van der Waals surface area contributed by atoms with Crippen LogP contribution in [0.4, 0.5) is 0 Å². The average Bonchev–Trinajstić information content (AvgIpc) is 2.60. The molecule has 0 atom stereocenters. The zero-order valence-electron chi connectivity index (χ0n) is 14.9. The molecular formula is C20H25N3O2. The van der Waals surface area contributed by atoms with Crippen LogP contribution in [0.2, 0.25) is 0 Å². The van der Waals surface area contributed by atoms with Crippen molar-refractivity contribution in [3.63, 3.8) is 0 Å². The van der Waals surface area contributed by atoms with Gasteiger partial charge in [-0.25, -0.2) is 0 Å². The summed E-state index contributed by atoms with van der Waals surface area (Å²) >= 11 is 0. The van der Waals surface area contributed by atoms with Crippen molar-refractivity contribution in [1.29, 1.82) is 0 Å². The van der Waals surface area contributed by atoms with Crippen LogP contribution in [0.5, 0.6) is 5.75 Å². The van der Waals surface area contributed by atoms with Crippen molar-refractivity contribution >= 4 is 5.91 Å². The van der Waals surface area contributed by atoms with Gasteiger partial charge in [-0.2, -0.15) is 0 Å². The Bertz CT molecular complexity index is 699. The Morgan fingerprint density at radius 2 is 2.00 bits per heavy atom. The summed E-state index contributed by atoms with van der Waals surface area (Å²) in [5, 5.41) is 0. The van der Waals surface area contributed by atoms with Gasteiger partial charge in [-0.3, -0.25) is 14.7 Å². The van der Waals surface area contributed by atoms with Gasteiger partial charge in [0.2, 0.25) is 5.91 Å². The second-order valence-electron chi connectivity index (χ2n) is 6.40. The van der Waals surface area contributed by atoms with E-state index in [0.717, 1.165) is 37.5 Å². The molecular weight excluding hydrogens is 314 g/mol. The van der Waals surface area contributed by atoms with Crippen LogP contribution in [0.1, 0.15) is 18.1 Å². The topological polar surface area (TPSA) is 45.7 Å². The van der Waals surface area contributed by atoms with Gasteiger partial charge in [0, 0.05) is 38.1 Å². The summed E-state index contributed by atoms with van der Waals surface area (Å²) < 4.78 is 5.22. The highest BCUT2D eigenvalue weighted by atomic mass is 16.5. The van der Waals surface area contributed by atoms with Gasteiger partial charge < -0.3 is 9.64 Å². The van der Waals surface area contributed by atoms with Gasteiger partial charge in [0.05, 0.1) is 13.5 Å². The summed E-state index contributed by atoms with van der Waals surface area (Å²) in [5.41, 5.74) is 2.26. The molecule has 1 aromatic carbocycles. The lowest BCUT2D eigenvalue weighted by Crippen LogP contribution is -2.61. The van der Waals surface area contributed by atoms with Crippen LogP contribution in [-0.4, -0.2) is 53.5 Å². The Labute approximate surface area is 149 Å². The normalized spacial score (nSPS) is 14.4. The van der Waals surface area contributed by atoms with E-state index in [4.69, 9.17) is 4.74 Å². The van der Waals surface area contributed by atoms with E-state index in [1.165, 1.54) is 5.56 Å². The van der Waals surface area contributed by atoms with E-state index in [2.05, 4.69) is 16.8 Å². The number of methoxy groups -OCH3 is 1. The number of hydrogen-bond acceptors (Lipinski definition) is 4. The number of likely N-dealkylation sites (tertiary alicyclic amines) is 1. The number of hydrogen-bond donors (Lipinski definition) is 0. The van der Waals surface area contributed by atoms with Crippen LogP contribution in [0.15, 0.2) is 48.8 Å². The smallest absolute Gasteiger partial charge is 0.227 e. The van der Waals surface area contributed by atoms with Crippen molar-refractivity contribution in [2.24, 2.45) is 0 Å². The van der Waals surface area contributed by atoms with E-state index in [-0.39, 0.29) is 5.91 Å². The predicted octanol–water partition coefficient (Wildman–Crippen LogP) is 2.37. The number of nitrogens with zero attached hydrogens (tertiary/aromatic N) is 3. The second kappa shape index (κ2) is 8.12. The average molecular weight is 339 g/mol. The number of rotatable bonds is 7. The monoisotopic (exact) mass is 339 g/mol. The molecule has 5 heteroatoms. The van der Waals surface area contributed by atoms with E-state index in [9.17, 15) is 4.79 Å². The fourth-order valence-electron chi connectivity index (χ4n) is 3.18. The molecule has 25 heavy (non-hydrogen) atoms. The van der Waals surface area contributed by atoms with Gasteiger partial charge in [0.1, 0.15) is 5.75 Å². The van der Waals surface area contributed by atoms with Crippen LogP contribution in [-0.2, 0) is 17.8 Å². The Morgan fingerprint density at radius 3 is 2.68 bits per heavy atom. The van der Waals surface area contributed by atoms with Crippen LogP contribution in [0, 0.1) is 0 Å². The molecule has 2 aromatic rings. The van der Waals surface area contributed by atoms with Gasteiger partial charge in [-0.15, -0.1) is 0 Å². The van der Waals surface area contributed by atoms with E-state index >= 15 is 0 Å². The van der Waals surface area contributed by atoms with Gasteiger partial charge in [0.15, 0.2) is 0 Å². The molecule has 0 aliphatic carbocycles. The molecule has 1 saturated heterocycles. The Hall–Kier alpha value is -2.40. The first-order valence-corrected chi connectivity index (χ1v) is 8.73. The Kier molecular flexibility index (Phi) is 5.66. The maximum absolute atomic E-state index is 12.5. The van der Waals surface area contributed by atoms with Gasteiger partial charge in [0.25, 0.3) is 0 Å². The number of amides is 1. The lowest BCUT2D eigenvalue weighted by Gasteiger charge is -2.45. The van der Waals surface area contributed by atoms with Crippen LogP contribution >= 0.6 is 0 Å². The van der Waals surface area contributed by atoms with Crippen molar-refractivity contribution < 1.29 is 9.53 Å². The molecule has 1 amide bonds.